The van der Waals surface area contributed by atoms with Gasteiger partial charge < -0.3 is 10.1 Å². The van der Waals surface area contributed by atoms with Crippen molar-refractivity contribution in [1.29, 1.82) is 0 Å². The van der Waals surface area contributed by atoms with Crippen LogP contribution in [0.5, 0.6) is 0 Å². The lowest BCUT2D eigenvalue weighted by molar-refractivity contribution is -0.123. The lowest BCUT2D eigenvalue weighted by atomic mass is 10.1. The molecule has 0 bridgehead atoms. The van der Waals surface area contributed by atoms with E-state index in [1.54, 1.807) is 30.3 Å². The quantitative estimate of drug-likeness (QED) is 0.485. The van der Waals surface area contributed by atoms with E-state index in [4.69, 9.17) is 4.74 Å². The monoisotopic (exact) mass is 402 g/mol. The molecule has 4 rings (SSSR count). The van der Waals surface area contributed by atoms with Gasteiger partial charge in [0, 0.05) is 22.6 Å². The van der Waals surface area contributed by atoms with Crippen molar-refractivity contribution in [2.75, 3.05) is 5.32 Å². The lowest BCUT2D eigenvalue weighted by Crippen LogP contribution is -2.30. The second-order valence-electron chi connectivity index (χ2n) is 7.52. The van der Waals surface area contributed by atoms with Crippen LogP contribution in [0.3, 0.4) is 0 Å². The van der Waals surface area contributed by atoms with E-state index in [9.17, 15) is 14.4 Å². The third-order valence-electron chi connectivity index (χ3n) is 5.17. The molecule has 1 saturated carbocycles. The average Bonchev–Trinajstić information content (AvgIpc) is 3.58. The Morgan fingerprint density at radius 1 is 1.03 bits per heavy atom. The van der Waals surface area contributed by atoms with Crippen LogP contribution < -0.4 is 5.32 Å². The molecule has 1 heterocycles. The maximum Gasteiger partial charge on any atom is 0.339 e. The first kappa shape index (κ1) is 19.8. The van der Waals surface area contributed by atoms with Gasteiger partial charge in [-0.05, 0) is 51.0 Å². The number of benzene rings is 2. The van der Waals surface area contributed by atoms with E-state index < -0.39 is 18.0 Å². The molecule has 0 radical (unpaired) electrons. The largest absolute Gasteiger partial charge is 0.449 e. The Balaban J connectivity index is 1.54. The summed E-state index contributed by atoms with van der Waals surface area (Å²) in [5.74, 6) is -0.854. The van der Waals surface area contributed by atoms with Crippen LogP contribution in [0.1, 0.15) is 59.0 Å². The Morgan fingerprint density at radius 2 is 1.73 bits per heavy atom. The van der Waals surface area contributed by atoms with Crippen LogP contribution >= 0.6 is 0 Å². The van der Waals surface area contributed by atoms with Gasteiger partial charge >= 0.3 is 5.97 Å². The molecule has 0 saturated heterocycles. The van der Waals surface area contributed by atoms with Gasteiger partial charge in [0.15, 0.2) is 11.9 Å². The van der Waals surface area contributed by atoms with Crippen molar-refractivity contribution in [2.24, 2.45) is 0 Å². The summed E-state index contributed by atoms with van der Waals surface area (Å²) >= 11 is 0. The summed E-state index contributed by atoms with van der Waals surface area (Å²) in [6.45, 7) is 2.94. The number of para-hydroxylation sites is 2. The molecule has 1 aromatic heterocycles. The number of rotatable bonds is 6. The molecule has 0 unspecified atom stereocenters. The fourth-order valence-corrected chi connectivity index (χ4v) is 3.36. The van der Waals surface area contributed by atoms with E-state index in [1.165, 1.54) is 13.8 Å². The fraction of sp³-hybridized carbons (Fsp3) is 0.250. The second-order valence-corrected chi connectivity index (χ2v) is 7.52. The number of nitrogens with one attached hydrogen (secondary N) is 1. The Labute approximate surface area is 174 Å². The molecule has 0 aliphatic heterocycles. The minimum atomic E-state index is -1.03. The minimum absolute atomic E-state index is 0.161. The summed E-state index contributed by atoms with van der Waals surface area (Å²) in [7, 11) is 0. The van der Waals surface area contributed by atoms with Crippen LogP contribution in [-0.2, 0) is 9.53 Å². The van der Waals surface area contributed by atoms with Gasteiger partial charge in [0.05, 0.1) is 16.8 Å². The number of carbonyl (C=O) groups excluding carboxylic acids is 3. The summed E-state index contributed by atoms with van der Waals surface area (Å²) in [6, 6.07) is 15.9. The Hall–Kier alpha value is -3.54. The Kier molecular flexibility index (Phi) is 5.31. The zero-order chi connectivity index (χ0) is 21.3. The van der Waals surface area contributed by atoms with E-state index in [0.717, 1.165) is 24.1 Å². The molecule has 1 amide bonds. The standard InChI is InChI=1S/C24H22N2O4/c1-14(27)17-7-3-5-9-20(17)26-23(28)15(2)30-24(29)19-13-22(16-11-12-16)25-21-10-6-4-8-18(19)21/h3-10,13,15-16H,11-12H2,1-2H3,(H,26,28)/t15-/m0/s1. The highest BCUT2D eigenvalue weighted by Gasteiger charge is 2.28. The van der Waals surface area contributed by atoms with Crippen molar-refractivity contribution in [2.45, 2.75) is 38.7 Å². The second kappa shape index (κ2) is 8.06. The van der Waals surface area contributed by atoms with Crippen molar-refractivity contribution in [3.8, 4) is 0 Å². The smallest absolute Gasteiger partial charge is 0.339 e. The SMILES string of the molecule is CC(=O)c1ccccc1NC(=O)[C@H](C)OC(=O)c1cc(C2CC2)nc2ccccc12. The van der Waals surface area contributed by atoms with Gasteiger partial charge in [-0.1, -0.05) is 30.3 Å². The van der Waals surface area contributed by atoms with Gasteiger partial charge in [0.1, 0.15) is 0 Å². The number of pyridine rings is 1. The van der Waals surface area contributed by atoms with Gasteiger partial charge in [0.25, 0.3) is 5.91 Å². The molecule has 1 atom stereocenters. The van der Waals surface area contributed by atoms with Crippen LogP contribution in [0.25, 0.3) is 10.9 Å². The minimum Gasteiger partial charge on any atom is -0.449 e. The molecule has 6 nitrogen and oxygen atoms in total. The highest BCUT2D eigenvalue weighted by molar-refractivity contribution is 6.07. The first-order valence-corrected chi connectivity index (χ1v) is 9.95. The molecule has 2 aromatic carbocycles. The van der Waals surface area contributed by atoms with Crippen LogP contribution in [-0.4, -0.2) is 28.7 Å². The van der Waals surface area contributed by atoms with Gasteiger partial charge in [-0.15, -0.1) is 0 Å². The van der Waals surface area contributed by atoms with E-state index in [1.807, 2.05) is 24.3 Å². The molecule has 1 aliphatic rings. The highest BCUT2D eigenvalue weighted by atomic mass is 16.5. The summed E-state index contributed by atoms with van der Waals surface area (Å²) in [5.41, 5.74) is 2.82. The number of amides is 1. The maximum atomic E-state index is 12.9. The van der Waals surface area contributed by atoms with Crippen molar-refractivity contribution < 1.29 is 19.1 Å². The number of esters is 1. The number of hydrogen-bond acceptors (Lipinski definition) is 5. The van der Waals surface area contributed by atoms with Crippen LogP contribution in [0.15, 0.2) is 54.6 Å². The number of Topliss-reactive ketones (excluding diaryl/α,β-unsaturated/α-hetero) is 1. The number of nitrogens with zero attached hydrogens (tertiary/aromatic N) is 1. The molecule has 30 heavy (non-hydrogen) atoms. The normalized spacial score (nSPS) is 14.2. The predicted octanol–water partition coefficient (Wildman–Crippen LogP) is 4.50. The van der Waals surface area contributed by atoms with Gasteiger partial charge in [-0.2, -0.15) is 0 Å². The van der Waals surface area contributed by atoms with Crippen molar-refractivity contribution >= 4 is 34.3 Å². The Morgan fingerprint density at radius 3 is 2.47 bits per heavy atom. The number of aromatic nitrogens is 1. The molecule has 0 spiro atoms. The highest BCUT2D eigenvalue weighted by Crippen LogP contribution is 2.40. The number of anilines is 1. The van der Waals surface area contributed by atoms with Gasteiger partial charge in [-0.3, -0.25) is 14.6 Å². The average molecular weight is 402 g/mol. The zero-order valence-corrected chi connectivity index (χ0v) is 16.8. The summed E-state index contributed by atoms with van der Waals surface area (Å²) in [4.78, 5) is 41.9. The van der Waals surface area contributed by atoms with E-state index in [0.29, 0.717) is 28.1 Å². The fourth-order valence-electron chi connectivity index (χ4n) is 3.36. The number of ether oxygens (including phenoxy) is 1. The third-order valence-corrected chi connectivity index (χ3v) is 5.17. The van der Waals surface area contributed by atoms with Crippen LogP contribution in [0.4, 0.5) is 5.69 Å². The predicted molar refractivity (Wildman–Crippen MR) is 114 cm³/mol. The molecule has 6 heteroatoms. The summed E-state index contributed by atoms with van der Waals surface area (Å²) in [6.07, 6.45) is 1.09. The number of hydrogen-bond donors (Lipinski definition) is 1. The number of ketones is 1. The van der Waals surface area contributed by atoms with Crippen molar-refractivity contribution in [3.05, 3.63) is 71.4 Å². The van der Waals surface area contributed by atoms with E-state index in [-0.39, 0.29) is 5.78 Å². The van der Waals surface area contributed by atoms with Gasteiger partial charge in [-0.25, -0.2) is 4.79 Å². The molecular weight excluding hydrogens is 380 g/mol. The molecule has 152 valence electrons. The van der Waals surface area contributed by atoms with Crippen molar-refractivity contribution in [1.82, 2.24) is 4.98 Å². The molecular formula is C24H22N2O4. The summed E-state index contributed by atoms with van der Waals surface area (Å²) < 4.78 is 5.47. The Bertz CT molecular complexity index is 1150. The number of carbonyl (C=O) groups is 3. The van der Waals surface area contributed by atoms with Crippen LogP contribution in [0.2, 0.25) is 0 Å². The molecule has 1 fully saturated rings. The topological polar surface area (TPSA) is 85.4 Å². The maximum absolute atomic E-state index is 12.9. The van der Waals surface area contributed by atoms with E-state index >= 15 is 0 Å². The molecule has 3 aromatic rings. The van der Waals surface area contributed by atoms with Crippen molar-refractivity contribution in [3.63, 3.8) is 0 Å². The first-order valence-electron chi connectivity index (χ1n) is 9.95. The van der Waals surface area contributed by atoms with Gasteiger partial charge in [0.2, 0.25) is 0 Å². The number of fused-ring (bicyclic) bond motifs is 1. The molecule has 1 aliphatic carbocycles. The summed E-state index contributed by atoms with van der Waals surface area (Å²) in [5, 5.41) is 3.37. The zero-order valence-electron chi connectivity index (χ0n) is 16.8. The third kappa shape index (κ3) is 4.08. The van der Waals surface area contributed by atoms with Crippen LogP contribution in [0, 0.1) is 0 Å². The first-order chi connectivity index (χ1) is 14.4. The lowest BCUT2D eigenvalue weighted by Gasteiger charge is -2.16. The molecule has 1 N–H and O–H groups in total. The van der Waals surface area contributed by atoms with E-state index in [2.05, 4.69) is 10.3 Å².